The van der Waals surface area contributed by atoms with Gasteiger partial charge in [0.05, 0.1) is 25.4 Å². The normalized spacial score (nSPS) is 12.9. The molecule has 0 saturated heterocycles. The molecule has 0 aliphatic heterocycles. The molecule has 376 valence electrons. The average Bonchev–Trinajstić information content (AvgIpc) is 3.29. The van der Waals surface area contributed by atoms with Crippen molar-refractivity contribution in [2.24, 2.45) is 0 Å². The van der Waals surface area contributed by atoms with E-state index in [1.165, 1.54) is 225 Å². The number of amides is 1. The van der Waals surface area contributed by atoms with E-state index < -0.39 is 12.1 Å². The summed E-state index contributed by atoms with van der Waals surface area (Å²) in [6, 6.07) is -0.629. The Morgan fingerprint density at radius 1 is 0.422 bits per heavy atom. The van der Waals surface area contributed by atoms with Gasteiger partial charge in [0.2, 0.25) is 5.91 Å². The number of aliphatic hydroxyl groups excluding tert-OH is 2. The molecule has 6 heteroatoms. The fourth-order valence-electron chi connectivity index (χ4n) is 8.50. The number of carbonyl (C=O) groups is 2. The quantitative estimate of drug-likeness (QED) is 0.0321. The van der Waals surface area contributed by atoms with Crippen LogP contribution in [-0.2, 0) is 14.3 Å². The maximum Gasteiger partial charge on any atom is 0.305 e. The van der Waals surface area contributed by atoms with Crippen molar-refractivity contribution in [3.05, 3.63) is 36.5 Å². The predicted molar refractivity (Wildman–Crippen MR) is 278 cm³/mol. The van der Waals surface area contributed by atoms with Gasteiger partial charge < -0.3 is 20.3 Å². The molecule has 2 unspecified atom stereocenters. The Morgan fingerprint density at radius 2 is 0.734 bits per heavy atom. The summed E-state index contributed by atoms with van der Waals surface area (Å²) in [7, 11) is 0. The van der Waals surface area contributed by atoms with E-state index in [0.29, 0.717) is 19.4 Å². The molecule has 6 nitrogen and oxygen atoms in total. The number of unbranched alkanes of at least 4 members (excludes halogenated alkanes) is 37. The monoisotopic (exact) mass is 900 g/mol. The highest BCUT2D eigenvalue weighted by atomic mass is 16.5. The molecule has 0 aromatic rings. The summed E-state index contributed by atoms with van der Waals surface area (Å²) in [6.45, 7) is 4.86. The molecule has 0 radical (unpaired) electrons. The summed E-state index contributed by atoms with van der Waals surface area (Å²) in [5.41, 5.74) is 0. The molecule has 0 aliphatic rings. The molecule has 2 atom stereocenters. The van der Waals surface area contributed by atoms with Gasteiger partial charge >= 0.3 is 5.97 Å². The molecular weight excluding hydrogens is 791 g/mol. The van der Waals surface area contributed by atoms with E-state index in [9.17, 15) is 19.8 Å². The topological polar surface area (TPSA) is 95.9 Å². The van der Waals surface area contributed by atoms with Crippen LogP contribution >= 0.6 is 0 Å². The second-order valence-electron chi connectivity index (χ2n) is 19.3. The van der Waals surface area contributed by atoms with Gasteiger partial charge in [-0.2, -0.15) is 0 Å². The number of hydrogen-bond acceptors (Lipinski definition) is 5. The van der Waals surface area contributed by atoms with Crippen molar-refractivity contribution >= 4 is 11.9 Å². The lowest BCUT2D eigenvalue weighted by Crippen LogP contribution is -2.45. The van der Waals surface area contributed by atoms with Gasteiger partial charge in [-0.15, -0.1) is 0 Å². The van der Waals surface area contributed by atoms with E-state index in [-0.39, 0.29) is 18.5 Å². The van der Waals surface area contributed by atoms with Gasteiger partial charge in [0.15, 0.2) is 0 Å². The molecule has 0 aliphatic carbocycles. The van der Waals surface area contributed by atoms with Crippen molar-refractivity contribution in [2.45, 2.75) is 309 Å². The third-order valence-corrected chi connectivity index (χ3v) is 12.9. The Kier molecular flexibility index (Phi) is 52.1. The van der Waals surface area contributed by atoms with Crippen molar-refractivity contribution in [1.82, 2.24) is 5.32 Å². The fraction of sp³-hybridized carbons (Fsp3) is 0.862. The van der Waals surface area contributed by atoms with E-state index in [0.717, 1.165) is 44.9 Å². The van der Waals surface area contributed by atoms with E-state index in [4.69, 9.17) is 4.74 Å². The number of esters is 1. The van der Waals surface area contributed by atoms with Crippen LogP contribution < -0.4 is 5.32 Å². The van der Waals surface area contributed by atoms with Crippen molar-refractivity contribution in [3.8, 4) is 0 Å². The first-order valence-electron chi connectivity index (χ1n) is 28.3. The average molecular weight is 901 g/mol. The first-order chi connectivity index (χ1) is 31.5. The lowest BCUT2D eigenvalue weighted by atomic mass is 10.0. The third-order valence-electron chi connectivity index (χ3n) is 12.9. The molecule has 0 saturated carbocycles. The molecule has 0 rings (SSSR count). The summed E-state index contributed by atoms with van der Waals surface area (Å²) >= 11 is 0. The summed E-state index contributed by atoms with van der Waals surface area (Å²) < 4.78 is 5.47. The van der Waals surface area contributed by atoms with Gasteiger partial charge in [0.1, 0.15) is 0 Å². The highest BCUT2D eigenvalue weighted by Gasteiger charge is 2.18. The number of nitrogens with one attached hydrogen (secondary N) is 1. The lowest BCUT2D eigenvalue weighted by Gasteiger charge is -2.20. The largest absolute Gasteiger partial charge is 0.466 e. The lowest BCUT2D eigenvalue weighted by molar-refractivity contribution is -0.143. The minimum absolute atomic E-state index is 0.00293. The van der Waals surface area contributed by atoms with Crippen LogP contribution in [-0.4, -0.2) is 47.4 Å². The van der Waals surface area contributed by atoms with E-state index in [1.54, 1.807) is 6.08 Å². The molecule has 0 aromatic heterocycles. The zero-order valence-electron chi connectivity index (χ0n) is 42.8. The fourth-order valence-corrected chi connectivity index (χ4v) is 8.50. The molecule has 64 heavy (non-hydrogen) atoms. The number of rotatable bonds is 52. The zero-order chi connectivity index (χ0) is 46.5. The van der Waals surface area contributed by atoms with Crippen LogP contribution in [0.25, 0.3) is 0 Å². The van der Waals surface area contributed by atoms with Crippen LogP contribution in [0.4, 0.5) is 0 Å². The zero-order valence-corrected chi connectivity index (χ0v) is 42.8. The summed E-state index contributed by atoms with van der Waals surface area (Å²) in [4.78, 5) is 24.4. The molecule has 0 fully saturated rings. The van der Waals surface area contributed by atoms with Crippen LogP contribution in [0.15, 0.2) is 36.5 Å². The number of carbonyl (C=O) groups excluding carboxylic acids is 2. The summed E-state index contributed by atoms with van der Waals surface area (Å²) in [5.74, 6) is -0.0727. The molecule has 1 amide bonds. The van der Waals surface area contributed by atoms with Crippen molar-refractivity contribution in [1.29, 1.82) is 0 Å². The second kappa shape index (κ2) is 53.7. The summed E-state index contributed by atoms with van der Waals surface area (Å²) in [6.07, 6.45) is 66.1. The smallest absolute Gasteiger partial charge is 0.305 e. The minimum atomic E-state index is -0.845. The molecule has 3 N–H and O–H groups in total. The molecular formula is C58H109NO5. The molecule has 0 spiro atoms. The van der Waals surface area contributed by atoms with Crippen LogP contribution in [0.5, 0.6) is 0 Å². The standard InChI is InChI=1S/C58H109NO5/c1-3-5-7-9-11-13-14-15-29-32-36-40-44-48-52-58(63)64-53-49-45-41-37-33-30-27-25-23-21-19-17-16-18-20-22-24-26-28-31-35-39-43-47-51-57(62)59-55(54-60)56(61)50-46-42-38-34-12-10-8-6-4-2/h14-15,18,20,46,50,55-56,60-61H,3-13,16-17,19,21-45,47-49,51-54H2,1-2H3,(H,59,62)/b15-14-,20-18-,50-46+. The second-order valence-corrected chi connectivity index (χ2v) is 19.3. The number of hydrogen-bond donors (Lipinski definition) is 3. The van der Waals surface area contributed by atoms with E-state index in [2.05, 4.69) is 43.5 Å². The highest BCUT2D eigenvalue weighted by Crippen LogP contribution is 2.16. The molecule has 0 heterocycles. The van der Waals surface area contributed by atoms with Gasteiger partial charge in [-0.3, -0.25) is 9.59 Å². The van der Waals surface area contributed by atoms with Gasteiger partial charge in [-0.1, -0.05) is 237 Å². The molecule has 0 bridgehead atoms. The maximum atomic E-state index is 12.4. The predicted octanol–water partition coefficient (Wildman–Crippen LogP) is 17.2. The SMILES string of the molecule is CCCCCCC/C=C\CCCCCCCC(=O)OCCCCCCCCCCCCCC/C=C\CCCCCCCCCCC(=O)NC(CO)C(O)/C=C/CCCCCCCCC. The van der Waals surface area contributed by atoms with Crippen molar-refractivity contribution in [3.63, 3.8) is 0 Å². The molecule has 0 aromatic carbocycles. The van der Waals surface area contributed by atoms with Crippen molar-refractivity contribution in [2.75, 3.05) is 13.2 Å². The first kappa shape index (κ1) is 62.1. The Morgan fingerprint density at radius 3 is 1.11 bits per heavy atom. The van der Waals surface area contributed by atoms with Crippen molar-refractivity contribution < 1.29 is 24.5 Å². The van der Waals surface area contributed by atoms with Crippen LogP contribution in [0, 0.1) is 0 Å². The van der Waals surface area contributed by atoms with Gasteiger partial charge in [0.25, 0.3) is 0 Å². The minimum Gasteiger partial charge on any atom is -0.466 e. The van der Waals surface area contributed by atoms with E-state index in [1.807, 2.05) is 6.08 Å². The van der Waals surface area contributed by atoms with Gasteiger partial charge in [0, 0.05) is 12.8 Å². The van der Waals surface area contributed by atoms with E-state index >= 15 is 0 Å². The number of ether oxygens (including phenoxy) is 1. The third kappa shape index (κ3) is 49.5. The van der Waals surface area contributed by atoms with Gasteiger partial charge in [-0.05, 0) is 83.5 Å². The maximum absolute atomic E-state index is 12.4. The van der Waals surface area contributed by atoms with Crippen LogP contribution in [0.3, 0.4) is 0 Å². The van der Waals surface area contributed by atoms with Crippen LogP contribution in [0.2, 0.25) is 0 Å². The highest BCUT2D eigenvalue weighted by molar-refractivity contribution is 5.76. The Hall–Kier alpha value is -1.92. The summed E-state index contributed by atoms with van der Waals surface area (Å²) in [5, 5.41) is 22.9. The van der Waals surface area contributed by atoms with Crippen LogP contribution in [0.1, 0.15) is 296 Å². The Bertz CT molecular complexity index is 1040. The Labute approximate surface area is 398 Å². The Balaban J connectivity index is 3.39. The number of allylic oxidation sites excluding steroid dienone is 5. The number of aliphatic hydroxyl groups is 2. The van der Waals surface area contributed by atoms with Gasteiger partial charge in [-0.25, -0.2) is 0 Å². The first-order valence-corrected chi connectivity index (χ1v) is 28.3.